The summed E-state index contributed by atoms with van der Waals surface area (Å²) in [7, 11) is 0. The van der Waals surface area contributed by atoms with Gasteiger partial charge in [-0.05, 0) is 31.7 Å². The second kappa shape index (κ2) is 8.61. The van der Waals surface area contributed by atoms with Crippen LogP contribution >= 0.6 is 0 Å². The van der Waals surface area contributed by atoms with Crippen LogP contribution in [0.15, 0.2) is 0 Å². The van der Waals surface area contributed by atoms with E-state index in [4.69, 9.17) is 5.73 Å². The summed E-state index contributed by atoms with van der Waals surface area (Å²) in [5.41, 5.74) is 5.01. The van der Waals surface area contributed by atoms with Crippen molar-refractivity contribution in [1.29, 1.82) is 0 Å². The highest BCUT2D eigenvalue weighted by atomic mass is 16.2. The molecule has 1 heterocycles. The predicted octanol–water partition coefficient (Wildman–Crippen LogP) is -0.739. The smallest absolute Gasteiger partial charge is 0.243 e. The molecular weight excluding hydrogens is 272 g/mol. The van der Waals surface area contributed by atoms with Crippen LogP contribution in [-0.2, 0) is 14.4 Å². The van der Waals surface area contributed by atoms with Gasteiger partial charge in [-0.1, -0.05) is 20.3 Å². The highest BCUT2D eigenvalue weighted by molar-refractivity contribution is 5.91. The standard InChI is InChI=1S/C14H26N4O3/c1-9(2)7-11(13(20)17-8-12(15)19)18-14(21)10-5-3-4-6-16-10/h9-11,16H,3-8H2,1-2H3,(H2,15,19)(H,17,20)(H,18,21)/t10-,11-/m0/s1. The summed E-state index contributed by atoms with van der Waals surface area (Å²) in [5, 5.41) is 8.37. The minimum atomic E-state index is -0.638. The Morgan fingerprint density at radius 2 is 2.00 bits per heavy atom. The fourth-order valence-corrected chi connectivity index (χ4v) is 2.35. The van der Waals surface area contributed by atoms with Crippen LogP contribution in [0.2, 0.25) is 0 Å². The van der Waals surface area contributed by atoms with Gasteiger partial charge in [0.25, 0.3) is 0 Å². The Hall–Kier alpha value is -1.63. The minimum absolute atomic E-state index is 0.158. The topological polar surface area (TPSA) is 113 Å². The molecule has 0 bridgehead atoms. The Kier molecular flexibility index (Phi) is 7.14. The number of amides is 3. The van der Waals surface area contributed by atoms with Gasteiger partial charge in [0.2, 0.25) is 17.7 Å². The van der Waals surface area contributed by atoms with E-state index in [2.05, 4.69) is 16.0 Å². The van der Waals surface area contributed by atoms with Gasteiger partial charge in [0.1, 0.15) is 6.04 Å². The second-order valence-corrected chi connectivity index (χ2v) is 5.88. The maximum Gasteiger partial charge on any atom is 0.243 e. The van der Waals surface area contributed by atoms with Crippen LogP contribution in [0.5, 0.6) is 0 Å². The van der Waals surface area contributed by atoms with Crippen LogP contribution in [0.3, 0.4) is 0 Å². The molecule has 2 atom stereocenters. The molecule has 5 N–H and O–H groups in total. The molecule has 7 nitrogen and oxygen atoms in total. The molecular formula is C14H26N4O3. The molecule has 0 aliphatic carbocycles. The second-order valence-electron chi connectivity index (χ2n) is 5.88. The van der Waals surface area contributed by atoms with Crippen LogP contribution < -0.4 is 21.7 Å². The lowest BCUT2D eigenvalue weighted by atomic mass is 10.0. The lowest BCUT2D eigenvalue weighted by Crippen LogP contribution is -2.54. The summed E-state index contributed by atoms with van der Waals surface area (Å²) >= 11 is 0. The average molecular weight is 298 g/mol. The highest BCUT2D eigenvalue weighted by Crippen LogP contribution is 2.09. The molecule has 1 fully saturated rings. The number of rotatable bonds is 7. The van der Waals surface area contributed by atoms with Crippen LogP contribution in [0.1, 0.15) is 39.5 Å². The van der Waals surface area contributed by atoms with E-state index in [9.17, 15) is 14.4 Å². The fourth-order valence-electron chi connectivity index (χ4n) is 2.35. The Balaban J connectivity index is 2.57. The SMILES string of the molecule is CC(C)C[C@H](NC(=O)[C@@H]1CCCCN1)C(=O)NCC(N)=O. The first-order valence-corrected chi connectivity index (χ1v) is 7.50. The number of nitrogens with two attached hydrogens (primary N) is 1. The van der Waals surface area contributed by atoms with Crippen molar-refractivity contribution in [3.63, 3.8) is 0 Å². The monoisotopic (exact) mass is 298 g/mol. The molecule has 0 aromatic rings. The zero-order valence-corrected chi connectivity index (χ0v) is 12.8. The summed E-state index contributed by atoms with van der Waals surface area (Å²) < 4.78 is 0. The molecule has 0 saturated carbocycles. The van der Waals surface area contributed by atoms with Gasteiger partial charge >= 0.3 is 0 Å². The molecule has 0 aromatic heterocycles. The third kappa shape index (κ3) is 6.57. The first-order chi connectivity index (χ1) is 9.90. The molecule has 0 spiro atoms. The van der Waals surface area contributed by atoms with E-state index in [0.717, 1.165) is 25.8 Å². The maximum absolute atomic E-state index is 12.2. The van der Waals surface area contributed by atoms with Crippen LogP contribution in [0.25, 0.3) is 0 Å². The van der Waals surface area contributed by atoms with Crippen LogP contribution in [0, 0.1) is 5.92 Å². The number of piperidine rings is 1. The van der Waals surface area contributed by atoms with Gasteiger partial charge in [-0.15, -0.1) is 0 Å². The quantitative estimate of drug-likeness (QED) is 0.496. The summed E-state index contributed by atoms with van der Waals surface area (Å²) in [6, 6.07) is -0.877. The van der Waals surface area contributed by atoms with E-state index in [1.54, 1.807) is 0 Å². The van der Waals surface area contributed by atoms with Gasteiger partial charge in [0.05, 0.1) is 12.6 Å². The van der Waals surface area contributed by atoms with E-state index in [1.807, 2.05) is 13.8 Å². The summed E-state index contributed by atoms with van der Waals surface area (Å²) in [4.78, 5) is 35.0. The fraction of sp³-hybridized carbons (Fsp3) is 0.786. The largest absolute Gasteiger partial charge is 0.368 e. The minimum Gasteiger partial charge on any atom is -0.368 e. The van der Waals surface area contributed by atoms with Crippen molar-refractivity contribution < 1.29 is 14.4 Å². The molecule has 1 saturated heterocycles. The van der Waals surface area contributed by atoms with Gasteiger partial charge in [-0.2, -0.15) is 0 Å². The summed E-state index contributed by atoms with van der Waals surface area (Å²) in [6.45, 7) is 4.55. The Morgan fingerprint density at radius 1 is 1.29 bits per heavy atom. The summed E-state index contributed by atoms with van der Waals surface area (Å²) in [6.07, 6.45) is 3.37. The number of nitrogens with one attached hydrogen (secondary N) is 3. The summed E-state index contributed by atoms with van der Waals surface area (Å²) in [5.74, 6) is -0.887. The van der Waals surface area contributed by atoms with Crippen molar-refractivity contribution in [2.24, 2.45) is 11.7 Å². The third-order valence-corrected chi connectivity index (χ3v) is 3.40. The Bertz CT molecular complexity index is 378. The van der Waals surface area contributed by atoms with Gasteiger partial charge in [-0.25, -0.2) is 0 Å². The molecule has 0 radical (unpaired) electrons. The predicted molar refractivity (Wildman–Crippen MR) is 79.2 cm³/mol. The molecule has 1 rings (SSSR count). The lowest BCUT2D eigenvalue weighted by Gasteiger charge is -2.26. The van der Waals surface area contributed by atoms with Crippen LogP contribution in [0.4, 0.5) is 0 Å². The average Bonchev–Trinajstić information content (AvgIpc) is 2.44. The molecule has 21 heavy (non-hydrogen) atoms. The third-order valence-electron chi connectivity index (χ3n) is 3.40. The van der Waals surface area contributed by atoms with Crippen molar-refractivity contribution in [2.75, 3.05) is 13.1 Å². The van der Waals surface area contributed by atoms with E-state index in [-0.39, 0.29) is 30.3 Å². The lowest BCUT2D eigenvalue weighted by molar-refractivity contribution is -0.131. The first kappa shape index (κ1) is 17.4. The van der Waals surface area contributed by atoms with Gasteiger partial charge < -0.3 is 21.7 Å². The van der Waals surface area contributed by atoms with Gasteiger partial charge in [0, 0.05) is 0 Å². The van der Waals surface area contributed by atoms with Gasteiger partial charge in [-0.3, -0.25) is 14.4 Å². The Morgan fingerprint density at radius 3 is 2.52 bits per heavy atom. The van der Waals surface area contributed by atoms with Crippen molar-refractivity contribution in [2.45, 2.75) is 51.6 Å². The van der Waals surface area contributed by atoms with Crippen molar-refractivity contribution in [3.8, 4) is 0 Å². The Labute approximate surface area is 125 Å². The maximum atomic E-state index is 12.2. The molecule has 0 aromatic carbocycles. The van der Waals surface area contributed by atoms with Crippen molar-refractivity contribution >= 4 is 17.7 Å². The molecule has 0 unspecified atom stereocenters. The van der Waals surface area contributed by atoms with Crippen molar-refractivity contribution in [3.05, 3.63) is 0 Å². The number of primary amides is 1. The number of hydrogen-bond acceptors (Lipinski definition) is 4. The highest BCUT2D eigenvalue weighted by Gasteiger charge is 2.27. The first-order valence-electron chi connectivity index (χ1n) is 7.50. The van der Waals surface area contributed by atoms with E-state index in [1.165, 1.54) is 0 Å². The number of hydrogen-bond donors (Lipinski definition) is 4. The normalized spacial score (nSPS) is 19.9. The molecule has 7 heteroatoms. The van der Waals surface area contributed by atoms with E-state index in [0.29, 0.717) is 6.42 Å². The molecule has 1 aliphatic heterocycles. The van der Waals surface area contributed by atoms with Crippen LogP contribution in [-0.4, -0.2) is 42.9 Å². The van der Waals surface area contributed by atoms with Crippen molar-refractivity contribution in [1.82, 2.24) is 16.0 Å². The van der Waals surface area contributed by atoms with E-state index < -0.39 is 11.9 Å². The van der Waals surface area contributed by atoms with Gasteiger partial charge in [0.15, 0.2) is 0 Å². The zero-order chi connectivity index (χ0) is 15.8. The zero-order valence-electron chi connectivity index (χ0n) is 12.8. The molecule has 120 valence electrons. The number of carbonyl (C=O) groups excluding carboxylic acids is 3. The molecule has 3 amide bonds. The number of carbonyl (C=O) groups is 3. The molecule has 1 aliphatic rings. The van der Waals surface area contributed by atoms with E-state index >= 15 is 0 Å².